The lowest BCUT2D eigenvalue weighted by atomic mass is 10.1. The molecular formula is C22H28F3N5O4. The van der Waals surface area contributed by atoms with E-state index in [0.29, 0.717) is 18.8 Å². The third-order valence-corrected chi connectivity index (χ3v) is 6.18. The highest BCUT2D eigenvalue weighted by Crippen LogP contribution is 2.32. The topological polar surface area (TPSA) is 85.9 Å². The van der Waals surface area contributed by atoms with Gasteiger partial charge in [-0.15, -0.1) is 0 Å². The van der Waals surface area contributed by atoms with Crippen LogP contribution < -0.4 is 9.47 Å². The number of likely N-dealkylation sites (tertiary alicyclic amines) is 1. The minimum Gasteiger partial charge on any atom is -0.490 e. The molecule has 2 aliphatic heterocycles. The Kier molecular flexibility index (Phi) is 6.72. The van der Waals surface area contributed by atoms with Gasteiger partial charge in [0.25, 0.3) is 0 Å². The average Bonchev–Trinajstić information content (AvgIpc) is 3.28. The summed E-state index contributed by atoms with van der Waals surface area (Å²) in [5.74, 6) is 0.248. The summed E-state index contributed by atoms with van der Waals surface area (Å²) < 4.78 is 51.5. The lowest BCUT2D eigenvalue weighted by molar-refractivity contribution is -0.389. The van der Waals surface area contributed by atoms with E-state index in [0.717, 1.165) is 51.2 Å². The van der Waals surface area contributed by atoms with Crippen LogP contribution in [0.25, 0.3) is 0 Å². The van der Waals surface area contributed by atoms with Gasteiger partial charge in [-0.3, -0.25) is 4.57 Å². The van der Waals surface area contributed by atoms with Crippen molar-refractivity contribution in [3.63, 3.8) is 0 Å². The largest absolute Gasteiger partial charge is 0.490 e. The highest BCUT2D eigenvalue weighted by molar-refractivity contribution is 5.29. The van der Waals surface area contributed by atoms with Crippen LogP contribution >= 0.6 is 0 Å². The van der Waals surface area contributed by atoms with Gasteiger partial charge in [-0.1, -0.05) is 0 Å². The molecule has 34 heavy (non-hydrogen) atoms. The number of piperidine rings is 1. The monoisotopic (exact) mass is 483 g/mol. The van der Waals surface area contributed by atoms with Crippen LogP contribution in [-0.4, -0.2) is 75.8 Å². The minimum atomic E-state index is -4.35. The molecule has 4 rings (SSSR count). The predicted molar refractivity (Wildman–Crippen MR) is 117 cm³/mol. The molecule has 0 N–H and O–H groups in total. The molecule has 3 heterocycles. The summed E-state index contributed by atoms with van der Waals surface area (Å²) in [4.78, 5) is 18.8. The van der Waals surface area contributed by atoms with E-state index in [1.54, 1.807) is 4.57 Å². The molecule has 0 unspecified atom stereocenters. The standard InChI is InChI=1S/C22H28F3N5O4/c1-21(15-29-13-19(30(31)32)26-20(29)34-21)14-27(2)11-12-28-9-7-18(8-10-28)33-17-5-3-16(4-6-17)22(23,24)25/h3-6,13,18H,7-12,14-15H2,1-2H3/t21-/m0/s1. The van der Waals surface area contributed by atoms with Crippen molar-refractivity contribution in [2.75, 3.05) is 39.8 Å². The second kappa shape index (κ2) is 9.41. The molecule has 1 saturated heterocycles. The van der Waals surface area contributed by atoms with E-state index in [1.165, 1.54) is 18.3 Å². The van der Waals surface area contributed by atoms with Gasteiger partial charge in [0, 0.05) is 37.7 Å². The maximum Gasteiger partial charge on any atom is 0.416 e. The second-order valence-electron chi connectivity index (χ2n) is 9.24. The van der Waals surface area contributed by atoms with Crippen LogP contribution in [0.15, 0.2) is 30.5 Å². The molecule has 0 aliphatic carbocycles. The minimum absolute atomic E-state index is 0.0112. The molecule has 1 aromatic carbocycles. The van der Waals surface area contributed by atoms with Gasteiger partial charge in [0.2, 0.25) is 0 Å². The Labute approximate surface area is 195 Å². The van der Waals surface area contributed by atoms with E-state index >= 15 is 0 Å². The van der Waals surface area contributed by atoms with E-state index in [2.05, 4.69) is 14.8 Å². The second-order valence-corrected chi connectivity index (χ2v) is 9.24. The number of ether oxygens (including phenoxy) is 2. The first-order valence-electron chi connectivity index (χ1n) is 11.2. The van der Waals surface area contributed by atoms with E-state index in [-0.39, 0.29) is 17.9 Å². The number of likely N-dealkylation sites (N-methyl/N-ethyl adjacent to an activating group) is 1. The lowest BCUT2D eigenvalue weighted by Crippen LogP contribution is -2.47. The Morgan fingerprint density at radius 2 is 1.97 bits per heavy atom. The van der Waals surface area contributed by atoms with Crippen molar-refractivity contribution in [2.45, 2.75) is 44.2 Å². The Bertz CT molecular complexity index is 979. The summed E-state index contributed by atoms with van der Waals surface area (Å²) in [6, 6.07) is 5.12. The summed E-state index contributed by atoms with van der Waals surface area (Å²) in [5, 5.41) is 10.9. The fourth-order valence-corrected chi connectivity index (χ4v) is 4.49. The maximum atomic E-state index is 12.7. The van der Waals surface area contributed by atoms with Crippen LogP contribution in [0, 0.1) is 10.1 Å². The number of imidazole rings is 1. The number of halogens is 3. The molecule has 0 spiro atoms. The van der Waals surface area contributed by atoms with Crippen LogP contribution in [0.2, 0.25) is 0 Å². The zero-order chi connectivity index (χ0) is 24.5. The Hall–Kier alpha value is -2.86. The van der Waals surface area contributed by atoms with Gasteiger partial charge in [0.15, 0.2) is 0 Å². The Balaban J connectivity index is 1.17. The van der Waals surface area contributed by atoms with Crippen molar-refractivity contribution in [2.24, 2.45) is 0 Å². The van der Waals surface area contributed by atoms with E-state index in [4.69, 9.17) is 9.47 Å². The molecule has 0 amide bonds. The van der Waals surface area contributed by atoms with Crippen LogP contribution in [0.4, 0.5) is 19.0 Å². The molecule has 9 nitrogen and oxygen atoms in total. The number of hydrogen-bond acceptors (Lipinski definition) is 7. The van der Waals surface area contributed by atoms with E-state index in [9.17, 15) is 23.3 Å². The molecule has 1 fully saturated rings. The highest BCUT2D eigenvalue weighted by atomic mass is 19.4. The van der Waals surface area contributed by atoms with Gasteiger partial charge < -0.3 is 29.4 Å². The van der Waals surface area contributed by atoms with Crippen molar-refractivity contribution < 1.29 is 27.6 Å². The molecule has 12 heteroatoms. The predicted octanol–water partition coefficient (Wildman–Crippen LogP) is 3.44. The normalized spacial score (nSPS) is 21.5. The lowest BCUT2D eigenvalue weighted by Gasteiger charge is -2.34. The molecule has 0 bridgehead atoms. The van der Waals surface area contributed by atoms with Crippen molar-refractivity contribution >= 4 is 5.82 Å². The number of nitrogens with zero attached hydrogens (tertiary/aromatic N) is 5. The quantitative estimate of drug-likeness (QED) is 0.420. The van der Waals surface area contributed by atoms with Gasteiger partial charge in [-0.25, -0.2) is 0 Å². The number of nitro groups is 1. The fraction of sp³-hybridized carbons (Fsp3) is 0.591. The molecule has 2 aromatic rings. The summed E-state index contributed by atoms with van der Waals surface area (Å²) in [7, 11) is 2.01. The zero-order valence-electron chi connectivity index (χ0n) is 19.1. The van der Waals surface area contributed by atoms with Crippen molar-refractivity contribution in [3.05, 3.63) is 46.1 Å². The van der Waals surface area contributed by atoms with Gasteiger partial charge in [0.05, 0.1) is 12.1 Å². The van der Waals surface area contributed by atoms with Crippen LogP contribution in [0.3, 0.4) is 0 Å². The van der Waals surface area contributed by atoms with Crippen LogP contribution in [0.5, 0.6) is 11.8 Å². The van der Waals surface area contributed by atoms with Crippen molar-refractivity contribution in [1.29, 1.82) is 0 Å². The van der Waals surface area contributed by atoms with E-state index in [1.807, 2.05) is 14.0 Å². The number of fused-ring (bicyclic) bond motifs is 1. The molecule has 2 aliphatic rings. The number of rotatable bonds is 8. The van der Waals surface area contributed by atoms with Gasteiger partial charge in [0.1, 0.15) is 23.7 Å². The van der Waals surface area contributed by atoms with Crippen LogP contribution in [0.1, 0.15) is 25.3 Å². The Morgan fingerprint density at radius 1 is 1.29 bits per heavy atom. The summed E-state index contributed by atoms with van der Waals surface area (Å²) in [6.07, 6.45) is -1.34. The summed E-state index contributed by atoms with van der Waals surface area (Å²) in [6.45, 7) is 6.52. The molecule has 0 radical (unpaired) electrons. The zero-order valence-corrected chi connectivity index (χ0v) is 19.1. The first-order chi connectivity index (χ1) is 16.0. The van der Waals surface area contributed by atoms with Gasteiger partial charge in [-0.2, -0.15) is 13.2 Å². The highest BCUT2D eigenvalue weighted by Gasteiger charge is 2.41. The first-order valence-corrected chi connectivity index (χ1v) is 11.2. The number of benzene rings is 1. The van der Waals surface area contributed by atoms with Crippen molar-refractivity contribution in [1.82, 2.24) is 19.4 Å². The molecule has 1 aromatic heterocycles. The maximum absolute atomic E-state index is 12.7. The molecular weight excluding hydrogens is 455 g/mol. The average molecular weight is 483 g/mol. The number of hydrogen-bond donors (Lipinski definition) is 0. The van der Waals surface area contributed by atoms with Crippen molar-refractivity contribution in [3.8, 4) is 11.8 Å². The smallest absolute Gasteiger partial charge is 0.416 e. The number of alkyl halides is 3. The molecule has 186 valence electrons. The third-order valence-electron chi connectivity index (χ3n) is 6.18. The fourth-order valence-electron chi connectivity index (χ4n) is 4.49. The Morgan fingerprint density at radius 3 is 2.56 bits per heavy atom. The first kappa shape index (κ1) is 24.3. The molecule has 0 saturated carbocycles. The third kappa shape index (κ3) is 5.79. The summed E-state index contributed by atoms with van der Waals surface area (Å²) >= 11 is 0. The number of aromatic nitrogens is 2. The van der Waals surface area contributed by atoms with E-state index < -0.39 is 22.3 Å². The summed E-state index contributed by atoms with van der Waals surface area (Å²) in [5.41, 5.74) is -1.18. The van der Waals surface area contributed by atoms with Gasteiger partial charge >= 0.3 is 18.0 Å². The van der Waals surface area contributed by atoms with Crippen LogP contribution in [-0.2, 0) is 12.7 Å². The SMILES string of the molecule is CN(CCN1CCC(Oc2ccc(C(F)(F)F)cc2)CC1)C[C@@]1(C)Cn2cc([N+](=O)[O-])nc2O1. The molecule has 1 atom stereocenters. The van der Waals surface area contributed by atoms with Gasteiger partial charge in [-0.05, 0) is 56.0 Å².